The molecule has 0 saturated heterocycles. The van der Waals surface area contributed by atoms with Gasteiger partial charge >= 0.3 is 6.18 Å². The molecule has 1 heterocycles. The number of guanidine groups is 1. The van der Waals surface area contributed by atoms with Crippen LogP contribution in [0.4, 0.5) is 13.2 Å². The standard InChI is InChI=1S/C15H21F3N4/c1-10-12(15(16,17)18)8-22(3)13(20-10)21-11-4-6-14(2,9-19)7-5-11/h4-6H,7-9,19H2,1-3H3,(H,20,21). The highest BCUT2D eigenvalue weighted by atomic mass is 19.4. The van der Waals surface area contributed by atoms with Gasteiger partial charge in [0.15, 0.2) is 0 Å². The van der Waals surface area contributed by atoms with E-state index in [4.69, 9.17) is 5.73 Å². The number of halogens is 3. The Kier molecular flexibility index (Phi) is 4.37. The van der Waals surface area contributed by atoms with Gasteiger partial charge < -0.3 is 16.0 Å². The van der Waals surface area contributed by atoms with Crippen LogP contribution in [0.2, 0.25) is 0 Å². The Morgan fingerprint density at radius 1 is 1.45 bits per heavy atom. The monoisotopic (exact) mass is 314 g/mol. The topological polar surface area (TPSA) is 53.6 Å². The van der Waals surface area contributed by atoms with Crippen molar-refractivity contribution in [2.75, 3.05) is 20.1 Å². The minimum atomic E-state index is -4.35. The van der Waals surface area contributed by atoms with Crippen LogP contribution < -0.4 is 11.1 Å². The highest BCUT2D eigenvalue weighted by molar-refractivity contribution is 5.84. The van der Waals surface area contributed by atoms with Crippen molar-refractivity contribution in [3.05, 3.63) is 35.2 Å². The molecule has 0 amide bonds. The van der Waals surface area contributed by atoms with Crippen LogP contribution in [0.5, 0.6) is 0 Å². The Bertz CT molecular complexity index is 572. The second-order valence-electron chi connectivity index (χ2n) is 6.03. The molecule has 2 rings (SSSR count). The Balaban J connectivity index is 2.15. The molecule has 0 bridgehead atoms. The average Bonchev–Trinajstić information content (AvgIpc) is 2.44. The van der Waals surface area contributed by atoms with Crippen molar-refractivity contribution in [3.63, 3.8) is 0 Å². The van der Waals surface area contributed by atoms with Gasteiger partial charge in [-0.15, -0.1) is 0 Å². The minimum Gasteiger partial charge on any atom is -0.341 e. The molecule has 22 heavy (non-hydrogen) atoms. The summed E-state index contributed by atoms with van der Waals surface area (Å²) in [6.45, 7) is 3.78. The molecule has 0 aromatic heterocycles. The van der Waals surface area contributed by atoms with Gasteiger partial charge in [-0.3, -0.25) is 0 Å². The van der Waals surface area contributed by atoms with E-state index in [0.29, 0.717) is 12.5 Å². The number of rotatable bonds is 2. The number of alkyl halides is 3. The van der Waals surface area contributed by atoms with Crippen LogP contribution >= 0.6 is 0 Å². The first-order valence-corrected chi connectivity index (χ1v) is 7.08. The Labute approximate surface area is 128 Å². The Morgan fingerprint density at radius 2 is 2.14 bits per heavy atom. The fourth-order valence-corrected chi connectivity index (χ4v) is 2.30. The van der Waals surface area contributed by atoms with Crippen LogP contribution in [0.1, 0.15) is 20.3 Å². The molecule has 3 N–H and O–H groups in total. The summed E-state index contributed by atoms with van der Waals surface area (Å²) < 4.78 is 38.6. The molecule has 2 aliphatic rings. The molecule has 1 unspecified atom stereocenters. The van der Waals surface area contributed by atoms with Crippen LogP contribution in [0.25, 0.3) is 0 Å². The van der Waals surface area contributed by atoms with Crippen molar-refractivity contribution >= 4 is 5.96 Å². The third kappa shape index (κ3) is 3.52. The lowest BCUT2D eigenvalue weighted by Gasteiger charge is -2.31. The normalized spacial score (nSPS) is 26.0. The van der Waals surface area contributed by atoms with Gasteiger partial charge in [0.25, 0.3) is 0 Å². The van der Waals surface area contributed by atoms with E-state index in [-0.39, 0.29) is 17.7 Å². The van der Waals surface area contributed by atoms with Crippen molar-refractivity contribution in [3.8, 4) is 0 Å². The van der Waals surface area contributed by atoms with Gasteiger partial charge in [0.05, 0.1) is 17.8 Å². The summed E-state index contributed by atoms with van der Waals surface area (Å²) in [5, 5.41) is 3.08. The lowest BCUT2D eigenvalue weighted by Crippen LogP contribution is -2.43. The maximum absolute atomic E-state index is 12.9. The van der Waals surface area contributed by atoms with Gasteiger partial charge in [-0.2, -0.15) is 13.2 Å². The van der Waals surface area contributed by atoms with E-state index in [0.717, 1.165) is 12.1 Å². The first-order chi connectivity index (χ1) is 10.1. The highest BCUT2D eigenvalue weighted by Crippen LogP contribution is 2.31. The van der Waals surface area contributed by atoms with E-state index < -0.39 is 11.7 Å². The molecule has 0 aromatic rings. The van der Waals surface area contributed by atoms with Gasteiger partial charge in [-0.05, 0) is 19.4 Å². The second kappa shape index (κ2) is 5.79. The first-order valence-electron chi connectivity index (χ1n) is 7.08. The van der Waals surface area contributed by atoms with E-state index in [1.54, 1.807) is 7.05 Å². The number of nitrogens with two attached hydrogens (primary N) is 1. The van der Waals surface area contributed by atoms with Gasteiger partial charge in [-0.25, -0.2) is 4.99 Å². The zero-order valence-corrected chi connectivity index (χ0v) is 13.0. The smallest absolute Gasteiger partial charge is 0.341 e. The molecule has 0 aromatic carbocycles. The Morgan fingerprint density at radius 3 is 2.64 bits per heavy atom. The number of allylic oxidation sites excluding steroid dienone is 3. The predicted octanol–water partition coefficient (Wildman–Crippen LogP) is 2.52. The zero-order chi connectivity index (χ0) is 16.5. The van der Waals surface area contributed by atoms with Crippen LogP contribution in [-0.4, -0.2) is 37.2 Å². The summed E-state index contributed by atoms with van der Waals surface area (Å²) >= 11 is 0. The number of likely N-dealkylation sites (N-methyl/N-ethyl adjacent to an activating group) is 1. The van der Waals surface area contributed by atoms with Crippen LogP contribution in [0.15, 0.2) is 40.2 Å². The van der Waals surface area contributed by atoms with E-state index in [1.165, 1.54) is 11.8 Å². The van der Waals surface area contributed by atoms with Gasteiger partial charge in [0, 0.05) is 24.7 Å². The van der Waals surface area contributed by atoms with E-state index in [9.17, 15) is 13.2 Å². The van der Waals surface area contributed by atoms with Crippen molar-refractivity contribution in [2.24, 2.45) is 16.1 Å². The third-order valence-corrected chi connectivity index (χ3v) is 3.99. The van der Waals surface area contributed by atoms with Crippen molar-refractivity contribution in [2.45, 2.75) is 26.4 Å². The average molecular weight is 314 g/mol. The SMILES string of the molecule is CC1=C(C(F)(F)F)CN(C)C(NC2=CCC(C)(CN)C=C2)=N1. The van der Waals surface area contributed by atoms with Gasteiger partial charge in [0.2, 0.25) is 5.96 Å². The summed E-state index contributed by atoms with van der Waals surface area (Å²) in [4.78, 5) is 5.51. The predicted molar refractivity (Wildman–Crippen MR) is 81.0 cm³/mol. The number of nitrogens with zero attached hydrogens (tertiary/aromatic N) is 2. The molecule has 1 aliphatic heterocycles. The lowest BCUT2D eigenvalue weighted by molar-refractivity contribution is -0.0956. The van der Waals surface area contributed by atoms with E-state index in [1.807, 2.05) is 18.2 Å². The lowest BCUT2D eigenvalue weighted by atomic mass is 9.83. The second-order valence-corrected chi connectivity index (χ2v) is 6.03. The molecular weight excluding hydrogens is 293 g/mol. The van der Waals surface area contributed by atoms with Crippen LogP contribution in [0.3, 0.4) is 0 Å². The fourth-order valence-electron chi connectivity index (χ4n) is 2.30. The molecule has 0 radical (unpaired) electrons. The van der Waals surface area contributed by atoms with Gasteiger partial charge in [0.1, 0.15) is 0 Å². The minimum absolute atomic E-state index is 0.000264. The molecule has 1 aliphatic carbocycles. The summed E-state index contributed by atoms with van der Waals surface area (Å²) in [5.74, 6) is 0.415. The zero-order valence-electron chi connectivity index (χ0n) is 13.0. The maximum atomic E-state index is 12.9. The van der Waals surface area contributed by atoms with E-state index in [2.05, 4.69) is 17.2 Å². The summed E-state index contributed by atoms with van der Waals surface area (Å²) in [6, 6.07) is 0. The van der Waals surface area contributed by atoms with E-state index >= 15 is 0 Å². The largest absolute Gasteiger partial charge is 0.416 e. The summed E-state index contributed by atoms with van der Waals surface area (Å²) in [5.41, 5.74) is 5.87. The summed E-state index contributed by atoms with van der Waals surface area (Å²) in [6.07, 6.45) is 2.33. The molecular formula is C15H21F3N4. The fraction of sp³-hybridized carbons (Fsp3) is 0.533. The van der Waals surface area contributed by atoms with Gasteiger partial charge in [-0.1, -0.05) is 19.1 Å². The number of nitrogens with one attached hydrogen (secondary N) is 1. The quantitative estimate of drug-likeness (QED) is 0.823. The first kappa shape index (κ1) is 16.6. The van der Waals surface area contributed by atoms with Crippen molar-refractivity contribution < 1.29 is 13.2 Å². The van der Waals surface area contributed by atoms with Crippen LogP contribution in [0, 0.1) is 5.41 Å². The molecule has 122 valence electrons. The number of aliphatic imine (C=N–C) groups is 1. The van der Waals surface area contributed by atoms with Crippen LogP contribution in [-0.2, 0) is 0 Å². The number of hydrogen-bond donors (Lipinski definition) is 2. The highest BCUT2D eigenvalue weighted by Gasteiger charge is 2.38. The molecule has 0 spiro atoms. The molecule has 0 fully saturated rings. The molecule has 7 heteroatoms. The molecule has 1 atom stereocenters. The third-order valence-electron chi connectivity index (χ3n) is 3.99. The molecule has 0 saturated carbocycles. The van der Waals surface area contributed by atoms with Crippen molar-refractivity contribution in [1.82, 2.24) is 10.2 Å². The Hall–Kier alpha value is -1.76. The molecule has 4 nitrogen and oxygen atoms in total. The number of hydrogen-bond acceptors (Lipinski definition) is 4. The van der Waals surface area contributed by atoms with Crippen molar-refractivity contribution in [1.29, 1.82) is 0 Å². The summed E-state index contributed by atoms with van der Waals surface area (Å²) in [7, 11) is 1.58. The maximum Gasteiger partial charge on any atom is 0.416 e.